The number of hydrogen-bond donors (Lipinski definition) is 1. The molecule has 0 aromatic heterocycles. The van der Waals surface area contributed by atoms with Crippen LogP contribution in [0.25, 0.3) is 0 Å². The van der Waals surface area contributed by atoms with E-state index in [1.165, 1.54) is 4.31 Å². The number of nitrogens with zero attached hydrogens (tertiary/aromatic N) is 2. The Morgan fingerprint density at radius 1 is 0.955 bits per heavy atom. The van der Waals surface area contributed by atoms with Crippen molar-refractivity contribution in [2.45, 2.75) is 25.2 Å². The van der Waals surface area contributed by atoms with Gasteiger partial charge in [0.05, 0.1) is 4.90 Å². The van der Waals surface area contributed by atoms with Gasteiger partial charge in [0, 0.05) is 26.2 Å². The van der Waals surface area contributed by atoms with Gasteiger partial charge in [-0.1, -0.05) is 17.7 Å². The normalized spacial score (nSPS) is 19.0. The van der Waals surface area contributed by atoms with Crippen molar-refractivity contribution in [1.29, 1.82) is 0 Å². The van der Waals surface area contributed by atoms with Crippen LogP contribution in [0.1, 0.15) is 17.5 Å². The minimum Gasteiger partial charge on any atom is -0.216 e. The summed E-state index contributed by atoms with van der Waals surface area (Å²) in [4.78, 5) is 0.266. The van der Waals surface area contributed by atoms with Crippen LogP contribution in [0, 0.1) is 13.8 Å². The molecular weight excluding hydrogens is 326 g/mol. The van der Waals surface area contributed by atoms with Crippen LogP contribution in [-0.4, -0.2) is 51.6 Å². The predicted octanol–water partition coefficient (Wildman–Crippen LogP) is 0.203. The van der Waals surface area contributed by atoms with Gasteiger partial charge >= 0.3 is 0 Å². The van der Waals surface area contributed by atoms with E-state index in [0.717, 1.165) is 9.87 Å². The zero-order chi connectivity index (χ0) is 16.5. The number of rotatable bonds is 3. The molecule has 2 rings (SSSR count). The second-order valence-electron chi connectivity index (χ2n) is 5.47. The van der Waals surface area contributed by atoms with Gasteiger partial charge in [0.15, 0.2) is 0 Å². The number of benzene rings is 1. The highest BCUT2D eigenvalue weighted by Crippen LogP contribution is 2.22. The van der Waals surface area contributed by atoms with Crippen molar-refractivity contribution in [1.82, 2.24) is 8.61 Å². The second kappa shape index (κ2) is 6.25. The lowest BCUT2D eigenvalue weighted by molar-refractivity contribution is 0.405. The third-order valence-electron chi connectivity index (χ3n) is 3.72. The predicted molar refractivity (Wildman–Crippen MR) is 84.0 cm³/mol. The van der Waals surface area contributed by atoms with Crippen LogP contribution in [0.5, 0.6) is 0 Å². The Kier molecular flexibility index (Phi) is 4.93. The van der Waals surface area contributed by atoms with Gasteiger partial charge in [-0.2, -0.15) is 17.0 Å². The minimum absolute atomic E-state index is 0.0724. The van der Waals surface area contributed by atoms with E-state index in [1.807, 2.05) is 13.0 Å². The molecule has 0 unspecified atom stereocenters. The molecule has 9 heteroatoms. The molecule has 22 heavy (non-hydrogen) atoms. The van der Waals surface area contributed by atoms with Gasteiger partial charge in [0.25, 0.3) is 10.2 Å². The Morgan fingerprint density at radius 3 is 2.14 bits per heavy atom. The second-order valence-corrected chi connectivity index (χ2v) is 8.92. The number of hydrogen-bond acceptors (Lipinski definition) is 4. The lowest BCUT2D eigenvalue weighted by atomic mass is 10.2. The summed E-state index contributed by atoms with van der Waals surface area (Å²) < 4.78 is 50.7. The molecule has 0 bridgehead atoms. The Hall–Kier alpha value is -1.00. The van der Waals surface area contributed by atoms with Crippen molar-refractivity contribution in [2.24, 2.45) is 5.14 Å². The fraction of sp³-hybridized carbons (Fsp3) is 0.538. The first kappa shape index (κ1) is 17.4. The van der Waals surface area contributed by atoms with Gasteiger partial charge in [-0.25, -0.2) is 13.6 Å². The van der Waals surface area contributed by atoms with Crippen molar-refractivity contribution >= 4 is 20.2 Å². The van der Waals surface area contributed by atoms with Gasteiger partial charge in [-0.3, -0.25) is 0 Å². The van der Waals surface area contributed by atoms with Crippen LogP contribution in [0.2, 0.25) is 0 Å². The molecule has 0 atom stereocenters. The van der Waals surface area contributed by atoms with E-state index < -0.39 is 20.2 Å². The molecule has 1 aliphatic heterocycles. The van der Waals surface area contributed by atoms with Crippen molar-refractivity contribution in [3.63, 3.8) is 0 Å². The van der Waals surface area contributed by atoms with E-state index in [0.29, 0.717) is 12.0 Å². The van der Waals surface area contributed by atoms with Crippen LogP contribution < -0.4 is 5.14 Å². The molecule has 1 saturated heterocycles. The molecule has 0 saturated carbocycles. The Balaban J connectivity index is 2.27. The molecule has 0 spiro atoms. The van der Waals surface area contributed by atoms with Gasteiger partial charge in [0.1, 0.15) is 0 Å². The zero-order valence-corrected chi connectivity index (χ0v) is 14.3. The highest BCUT2D eigenvalue weighted by atomic mass is 32.2. The van der Waals surface area contributed by atoms with E-state index in [2.05, 4.69) is 0 Å². The summed E-state index contributed by atoms with van der Waals surface area (Å²) >= 11 is 0. The molecule has 0 aliphatic carbocycles. The lowest BCUT2D eigenvalue weighted by Gasteiger charge is -2.21. The summed E-state index contributed by atoms with van der Waals surface area (Å²) in [6.45, 7) is 4.35. The number of sulfonamides is 1. The van der Waals surface area contributed by atoms with Crippen LogP contribution in [0.15, 0.2) is 23.1 Å². The molecule has 1 aromatic rings. The maximum atomic E-state index is 12.8. The summed E-state index contributed by atoms with van der Waals surface area (Å²) in [6.07, 6.45) is 0.417. The summed E-state index contributed by atoms with van der Waals surface area (Å²) in [5.74, 6) is 0. The maximum Gasteiger partial charge on any atom is 0.276 e. The fourth-order valence-electron chi connectivity index (χ4n) is 2.59. The van der Waals surface area contributed by atoms with Gasteiger partial charge in [-0.15, -0.1) is 0 Å². The van der Waals surface area contributed by atoms with Crippen molar-refractivity contribution in [3.8, 4) is 0 Å². The van der Waals surface area contributed by atoms with Crippen LogP contribution in [-0.2, 0) is 20.2 Å². The molecule has 124 valence electrons. The fourth-order valence-corrected chi connectivity index (χ4v) is 4.99. The van der Waals surface area contributed by atoms with Crippen LogP contribution in [0.4, 0.5) is 0 Å². The van der Waals surface area contributed by atoms with Gasteiger partial charge < -0.3 is 0 Å². The largest absolute Gasteiger partial charge is 0.276 e. The first-order valence-electron chi connectivity index (χ1n) is 6.97. The topological polar surface area (TPSA) is 101 Å². The van der Waals surface area contributed by atoms with Gasteiger partial charge in [-0.05, 0) is 31.9 Å². The zero-order valence-electron chi connectivity index (χ0n) is 12.7. The number of nitrogens with two attached hydrogens (primary N) is 1. The Morgan fingerprint density at radius 2 is 1.55 bits per heavy atom. The molecule has 0 radical (unpaired) electrons. The van der Waals surface area contributed by atoms with Crippen LogP contribution in [0.3, 0.4) is 0 Å². The van der Waals surface area contributed by atoms with E-state index in [9.17, 15) is 16.8 Å². The Labute approximate surface area is 131 Å². The van der Waals surface area contributed by atoms with Gasteiger partial charge in [0.2, 0.25) is 10.0 Å². The highest BCUT2D eigenvalue weighted by molar-refractivity contribution is 7.89. The molecular formula is C13H21N3O4S2. The van der Waals surface area contributed by atoms with Crippen molar-refractivity contribution in [2.75, 3.05) is 26.2 Å². The molecule has 0 amide bonds. The first-order valence-corrected chi connectivity index (χ1v) is 9.92. The van der Waals surface area contributed by atoms with Crippen molar-refractivity contribution < 1.29 is 16.8 Å². The summed E-state index contributed by atoms with van der Waals surface area (Å²) in [5.41, 5.74) is 1.68. The quantitative estimate of drug-likeness (QED) is 0.844. The third-order valence-corrected chi connectivity index (χ3v) is 6.87. The first-order chi connectivity index (χ1) is 10.1. The summed E-state index contributed by atoms with van der Waals surface area (Å²) in [6, 6.07) is 5.18. The molecule has 7 nitrogen and oxygen atoms in total. The third kappa shape index (κ3) is 3.66. The highest BCUT2D eigenvalue weighted by Gasteiger charge is 2.30. The number of aryl methyl sites for hydroxylation is 2. The summed E-state index contributed by atoms with van der Waals surface area (Å²) in [7, 11) is -7.42. The van der Waals surface area contributed by atoms with E-state index in [1.54, 1.807) is 19.1 Å². The molecule has 1 heterocycles. The van der Waals surface area contributed by atoms with Crippen molar-refractivity contribution in [3.05, 3.63) is 29.3 Å². The van der Waals surface area contributed by atoms with E-state index in [4.69, 9.17) is 5.14 Å². The van der Waals surface area contributed by atoms with E-state index >= 15 is 0 Å². The SMILES string of the molecule is Cc1ccc(S(=O)(=O)N2CCCN(S(N)(=O)=O)CC2)c(C)c1. The average Bonchev–Trinajstić information content (AvgIpc) is 2.63. The van der Waals surface area contributed by atoms with Crippen LogP contribution >= 0.6 is 0 Å². The average molecular weight is 347 g/mol. The molecule has 2 N–H and O–H groups in total. The standard InChI is InChI=1S/C13H21N3O4S2/c1-11-4-5-13(12(2)10-11)21(17,18)15-6-3-7-16(9-8-15)22(14,19)20/h4-5,10H,3,6-9H2,1-2H3,(H2,14,19,20). The summed E-state index contributed by atoms with van der Waals surface area (Å²) in [5, 5.41) is 5.12. The molecule has 1 aromatic carbocycles. The lowest BCUT2D eigenvalue weighted by Crippen LogP contribution is -2.40. The molecule has 1 aliphatic rings. The minimum atomic E-state index is -3.78. The monoisotopic (exact) mass is 347 g/mol. The van der Waals surface area contributed by atoms with E-state index in [-0.39, 0.29) is 31.1 Å². The Bertz CT molecular complexity index is 759. The smallest absolute Gasteiger partial charge is 0.216 e. The maximum absolute atomic E-state index is 12.8. The molecule has 1 fully saturated rings.